The van der Waals surface area contributed by atoms with Crippen LogP contribution in [0.15, 0.2) is 36.0 Å². The van der Waals surface area contributed by atoms with E-state index in [0.717, 1.165) is 31.3 Å². The third kappa shape index (κ3) is 3.41. The van der Waals surface area contributed by atoms with Gasteiger partial charge in [-0.25, -0.2) is 4.39 Å². The molecule has 1 aliphatic rings. The van der Waals surface area contributed by atoms with Gasteiger partial charge in [-0.3, -0.25) is 4.79 Å². The molecule has 1 aromatic rings. The smallest absolute Gasteiger partial charge is 0.160 e. The van der Waals surface area contributed by atoms with Crippen molar-refractivity contribution in [2.24, 2.45) is 0 Å². The molecule has 90 valence electrons. The molecule has 2 nitrogen and oxygen atoms in total. The summed E-state index contributed by atoms with van der Waals surface area (Å²) in [5.41, 5.74) is 1.50. The van der Waals surface area contributed by atoms with Gasteiger partial charge >= 0.3 is 0 Å². The van der Waals surface area contributed by atoms with E-state index in [1.54, 1.807) is 18.3 Å². The molecule has 0 radical (unpaired) electrons. The van der Waals surface area contributed by atoms with E-state index in [0.29, 0.717) is 12.1 Å². The van der Waals surface area contributed by atoms with Gasteiger partial charge in [-0.1, -0.05) is 12.5 Å². The Hall–Kier alpha value is -1.64. The molecule has 1 saturated carbocycles. The predicted octanol–water partition coefficient (Wildman–Crippen LogP) is 3.65. The van der Waals surface area contributed by atoms with Crippen molar-refractivity contribution in [1.82, 2.24) is 0 Å². The summed E-state index contributed by atoms with van der Waals surface area (Å²) in [4.78, 5) is 11.7. The van der Waals surface area contributed by atoms with Crippen LogP contribution in [0.25, 0.3) is 0 Å². The number of carbonyl (C=O) groups excluding carboxylic acids is 1. The van der Waals surface area contributed by atoms with Crippen molar-refractivity contribution in [2.75, 3.05) is 5.32 Å². The van der Waals surface area contributed by atoms with Gasteiger partial charge in [0.15, 0.2) is 5.78 Å². The lowest BCUT2D eigenvalue weighted by molar-refractivity contribution is -0.115. The Kier molecular flexibility index (Phi) is 3.91. The lowest BCUT2D eigenvalue weighted by Gasteiger charge is -2.04. The second-order valence-electron chi connectivity index (χ2n) is 4.31. The maximum atomic E-state index is 12.9. The summed E-state index contributed by atoms with van der Waals surface area (Å²) in [6, 6.07) is 6.24. The standard InChI is InChI=1S/C14H16FNO/c15-12-6-4-7-13(9-12)16-10-11-5-2-1-3-8-14(11)17/h4,6-7,9-10,16H,1-3,5,8H2. The third-order valence-corrected chi connectivity index (χ3v) is 2.95. The van der Waals surface area contributed by atoms with Crippen molar-refractivity contribution in [1.29, 1.82) is 0 Å². The van der Waals surface area contributed by atoms with Crippen LogP contribution in [-0.2, 0) is 4.79 Å². The van der Waals surface area contributed by atoms with Crippen LogP contribution in [-0.4, -0.2) is 5.78 Å². The van der Waals surface area contributed by atoms with Gasteiger partial charge < -0.3 is 5.32 Å². The highest BCUT2D eigenvalue weighted by molar-refractivity contribution is 5.95. The maximum Gasteiger partial charge on any atom is 0.160 e. The summed E-state index contributed by atoms with van der Waals surface area (Å²) in [6.07, 6.45) is 6.34. The molecule has 17 heavy (non-hydrogen) atoms. The molecule has 3 heteroatoms. The Morgan fingerprint density at radius 3 is 2.82 bits per heavy atom. The van der Waals surface area contributed by atoms with Gasteiger partial charge in [0.25, 0.3) is 0 Å². The van der Waals surface area contributed by atoms with Crippen LogP contribution in [0, 0.1) is 5.82 Å². The number of rotatable bonds is 2. The quantitative estimate of drug-likeness (QED) is 0.624. The minimum absolute atomic E-state index is 0.214. The van der Waals surface area contributed by atoms with E-state index in [2.05, 4.69) is 5.32 Å². The van der Waals surface area contributed by atoms with E-state index in [1.165, 1.54) is 12.1 Å². The van der Waals surface area contributed by atoms with E-state index >= 15 is 0 Å². The molecule has 1 N–H and O–H groups in total. The lowest BCUT2D eigenvalue weighted by Crippen LogP contribution is -2.02. The molecular formula is C14H16FNO. The molecule has 1 fully saturated rings. The molecule has 0 atom stereocenters. The van der Waals surface area contributed by atoms with E-state index in [-0.39, 0.29) is 11.6 Å². The first-order chi connectivity index (χ1) is 8.25. The summed E-state index contributed by atoms with van der Waals surface area (Å²) in [5.74, 6) is -0.0630. The third-order valence-electron chi connectivity index (χ3n) is 2.95. The summed E-state index contributed by atoms with van der Waals surface area (Å²) in [5, 5.41) is 2.99. The van der Waals surface area contributed by atoms with E-state index in [1.807, 2.05) is 0 Å². The van der Waals surface area contributed by atoms with Crippen LogP contribution in [0.5, 0.6) is 0 Å². The summed E-state index contributed by atoms with van der Waals surface area (Å²) in [7, 11) is 0. The minimum Gasteiger partial charge on any atom is -0.361 e. The van der Waals surface area contributed by atoms with Crippen molar-refractivity contribution >= 4 is 11.5 Å². The van der Waals surface area contributed by atoms with Crippen molar-refractivity contribution in [2.45, 2.75) is 32.1 Å². The molecule has 0 bridgehead atoms. The van der Waals surface area contributed by atoms with Crippen LogP contribution in [0.1, 0.15) is 32.1 Å². The zero-order chi connectivity index (χ0) is 12.1. The summed E-state index contributed by atoms with van der Waals surface area (Å²) >= 11 is 0. The number of anilines is 1. The number of hydrogen-bond donors (Lipinski definition) is 1. The van der Waals surface area contributed by atoms with Crippen molar-refractivity contribution < 1.29 is 9.18 Å². The molecular weight excluding hydrogens is 217 g/mol. The highest BCUT2D eigenvalue weighted by Gasteiger charge is 2.12. The Morgan fingerprint density at radius 1 is 1.18 bits per heavy atom. The molecule has 0 saturated heterocycles. The number of Topliss-reactive ketones (excluding diaryl/α,β-unsaturated/α-hetero) is 1. The highest BCUT2D eigenvalue weighted by Crippen LogP contribution is 2.19. The van der Waals surface area contributed by atoms with Crippen LogP contribution >= 0.6 is 0 Å². The van der Waals surface area contributed by atoms with Gasteiger partial charge in [0.05, 0.1) is 0 Å². The molecule has 0 aliphatic heterocycles. The second kappa shape index (κ2) is 5.62. The number of ketones is 1. The predicted molar refractivity (Wildman–Crippen MR) is 66.2 cm³/mol. The van der Waals surface area contributed by atoms with Gasteiger partial charge in [-0.05, 0) is 37.5 Å². The average molecular weight is 233 g/mol. The number of benzene rings is 1. The second-order valence-corrected chi connectivity index (χ2v) is 4.31. The minimum atomic E-state index is -0.277. The first-order valence-electron chi connectivity index (χ1n) is 6.00. The fraction of sp³-hybridized carbons (Fsp3) is 0.357. The monoisotopic (exact) mass is 233 g/mol. The number of halogens is 1. The summed E-state index contributed by atoms with van der Waals surface area (Å²) < 4.78 is 12.9. The van der Waals surface area contributed by atoms with Gasteiger partial charge in [0.1, 0.15) is 5.82 Å². The SMILES string of the molecule is O=C1CCCCCC1=CNc1cccc(F)c1. The van der Waals surface area contributed by atoms with E-state index < -0.39 is 0 Å². The van der Waals surface area contributed by atoms with Crippen molar-refractivity contribution in [3.8, 4) is 0 Å². The summed E-state index contributed by atoms with van der Waals surface area (Å²) in [6.45, 7) is 0. The number of allylic oxidation sites excluding steroid dienone is 1. The molecule has 1 aromatic carbocycles. The van der Waals surface area contributed by atoms with Crippen LogP contribution < -0.4 is 5.32 Å². The number of carbonyl (C=O) groups is 1. The molecule has 0 amide bonds. The molecule has 2 rings (SSSR count). The first-order valence-corrected chi connectivity index (χ1v) is 6.00. The van der Waals surface area contributed by atoms with Crippen LogP contribution in [0.3, 0.4) is 0 Å². The molecule has 0 unspecified atom stereocenters. The number of hydrogen-bond acceptors (Lipinski definition) is 2. The molecule has 1 aliphatic carbocycles. The number of nitrogens with one attached hydrogen (secondary N) is 1. The average Bonchev–Trinajstić information content (AvgIpc) is 2.52. The van der Waals surface area contributed by atoms with Gasteiger partial charge in [0.2, 0.25) is 0 Å². The van der Waals surface area contributed by atoms with E-state index in [9.17, 15) is 9.18 Å². The zero-order valence-corrected chi connectivity index (χ0v) is 9.71. The van der Waals surface area contributed by atoms with Gasteiger partial charge in [0, 0.05) is 23.9 Å². The lowest BCUT2D eigenvalue weighted by atomic mass is 10.1. The largest absolute Gasteiger partial charge is 0.361 e. The molecule has 0 heterocycles. The van der Waals surface area contributed by atoms with Crippen molar-refractivity contribution in [3.05, 3.63) is 41.9 Å². The Labute approximate surface area is 101 Å². The molecule has 0 spiro atoms. The van der Waals surface area contributed by atoms with Gasteiger partial charge in [-0.15, -0.1) is 0 Å². The maximum absolute atomic E-state index is 12.9. The Balaban J connectivity index is 2.06. The highest BCUT2D eigenvalue weighted by atomic mass is 19.1. The first kappa shape index (κ1) is 11.8. The van der Waals surface area contributed by atoms with Crippen LogP contribution in [0.2, 0.25) is 0 Å². The fourth-order valence-corrected chi connectivity index (χ4v) is 1.98. The van der Waals surface area contributed by atoms with Crippen LogP contribution in [0.4, 0.5) is 10.1 Å². The van der Waals surface area contributed by atoms with Gasteiger partial charge in [-0.2, -0.15) is 0 Å². The molecule has 0 aromatic heterocycles. The zero-order valence-electron chi connectivity index (χ0n) is 9.71. The van der Waals surface area contributed by atoms with E-state index in [4.69, 9.17) is 0 Å². The van der Waals surface area contributed by atoms with Crippen molar-refractivity contribution in [3.63, 3.8) is 0 Å². The normalized spacial score (nSPS) is 19.1. The fourth-order valence-electron chi connectivity index (χ4n) is 1.98. The Morgan fingerprint density at radius 2 is 2.00 bits per heavy atom. The topological polar surface area (TPSA) is 29.1 Å². The Bertz CT molecular complexity index is 440.